The predicted molar refractivity (Wildman–Crippen MR) is 127 cm³/mol. The van der Waals surface area contributed by atoms with Gasteiger partial charge in [-0.1, -0.05) is 6.07 Å². The third-order valence-corrected chi connectivity index (χ3v) is 6.56. The molecule has 3 aliphatic rings. The van der Waals surface area contributed by atoms with Crippen molar-refractivity contribution in [2.75, 3.05) is 37.9 Å². The van der Waals surface area contributed by atoms with Crippen LogP contribution in [0.4, 0.5) is 10.1 Å². The van der Waals surface area contributed by atoms with Gasteiger partial charge in [0.2, 0.25) is 12.6 Å². The van der Waals surface area contributed by atoms with Crippen molar-refractivity contribution < 1.29 is 28.5 Å². The minimum Gasteiger partial charge on any atom is -0.507 e. The number of ether oxygens (including phenoxy) is 3. The second kappa shape index (κ2) is 8.63. The molecule has 3 aromatic carbocycles. The Bertz CT molecular complexity index is 1330. The number of fused-ring (bicyclic) bond motifs is 2. The maximum Gasteiger partial charge on any atom is 0.231 e. The monoisotopic (exact) mass is 474 g/mol. The predicted octanol–water partition coefficient (Wildman–Crippen LogP) is 4.20. The molecule has 0 saturated carbocycles. The minimum absolute atomic E-state index is 0.0989. The van der Waals surface area contributed by atoms with E-state index in [9.17, 15) is 14.3 Å². The van der Waals surface area contributed by atoms with Crippen LogP contribution in [0.2, 0.25) is 0 Å². The van der Waals surface area contributed by atoms with E-state index < -0.39 is 0 Å². The number of allylic oxidation sites excluding steroid dienone is 1. The molecule has 1 fully saturated rings. The smallest absolute Gasteiger partial charge is 0.231 e. The molecule has 0 atom stereocenters. The van der Waals surface area contributed by atoms with E-state index in [1.54, 1.807) is 42.5 Å². The van der Waals surface area contributed by atoms with Gasteiger partial charge < -0.3 is 24.2 Å². The van der Waals surface area contributed by atoms with Gasteiger partial charge in [0.25, 0.3) is 0 Å². The highest BCUT2D eigenvalue weighted by molar-refractivity contribution is 6.15. The van der Waals surface area contributed by atoms with Gasteiger partial charge in [-0.3, -0.25) is 9.69 Å². The number of carbonyl (C=O) groups is 1. The summed E-state index contributed by atoms with van der Waals surface area (Å²) in [6.45, 7) is 3.70. The number of phenolic OH excluding ortho intramolecular Hbond substituents is 1. The molecule has 0 aliphatic carbocycles. The molecule has 0 unspecified atom stereocenters. The number of carbonyl (C=O) groups excluding carboxylic acids is 1. The summed E-state index contributed by atoms with van der Waals surface area (Å²) in [4.78, 5) is 17.5. The van der Waals surface area contributed by atoms with Crippen LogP contribution in [0.3, 0.4) is 0 Å². The molecule has 1 N–H and O–H groups in total. The van der Waals surface area contributed by atoms with Gasteiger partial charge in [-0.15, -0.1) is 0 Å². The van der Waals surface area contributed by atoms with E-state index in [0.717, 1.165) is 37.4 Å². The van der Waals surface area contributed by atoms with Crippen molar-refractivity contribution in [2.45, 2.75) is 6.54 Å². The van der Waals surface area contributed by atoms with Crippen LogP contribution in [0.5, 0.6) is 23.0 Å². The maximum absolute atomic E-state index is 13.2. The quantitative estimate of drug-likeness (QED) is 0.569. The van der Waals surface area contributed by atoms with Crippen LogP contribution in [0, 0.1) is 5.82 Å². The van der Waals surface area contributed by atoms with Gasteiger partial charge in [-0.05, 0) is 60.2 Å². The van der Waals surface area contributed by atoms with Crippen LogP contribution < -0.4 is 19.1 Å². The van der Waals surface area contributed by atoms with Crippen LogP contribution in [0.25, 0.3) is 6.08 Å². The molecule has 35 heavy (non-hydrogen) atoms. The van der Waals surface area contributed by atoms with Crippen LogP contribution in [0.15, 0.2) is 60.4 Å². The highest BCUT2D eigenvalue weighted by Gasteiger charge is 2.32. The third-order valence-electron chi connectivity index (χ3n) is 6.56. The van der Waals surface area contributed by atoms with Gasteiger partial charge >= 0.3 is 0 Å². The fourth-order valence-electron chi connectivity index (χ4n) is 4.64. The van der Waals surface area contributed by atoms with E-state index in [2.05, 4.69) is 9.80 Å². The lowest BCUT2D eigenvalue weighted by molar-refractivity contribution is 0.101. The summed E-state index contributed by atoms with van der Waals surface area (Å²) in [5, 5.41) is 10.6. The summed E-state index contributed by atoms with van der Waals surface area (Å²) in [6, 6.07) is 15.1. The molecule has 3 heterocycles. The number of Topliss-reactive ketones (excluding diaryl/α,β-unsaturated/α-hetero) is 1. The van der Waals surface area contributed by atoms with Gasteiger partial charge in [-0.25, -0.2) is 4.39 Å². The molecular formula is C27H23FN2O5. The summed E-state index contributed by atoms with van der Waals surface area (Å²) in [5.74, 6) is 1.53. The van der Waals surface area contributed by atoms with Crippen molar-refractivity contribution in [2.24, 2.45) is 0 Å². The van der Waals surface area contributed by atoms with Gasteiger partial charge in [0.05, 0.1) is 11.1 Å². The fourth-order valence-corrected chi connectivity index (χ4v) is 4.64. The van der Waals surface area contributed by atoms with Gasteiger partial charge in [-0.2, -0.15) is 0 Å². The Kier molecular flexibility index (Phi) is 5.30. The van der Waals surface area contributed by atoms with Crippen molar-refractivity contribution >= 4 is 17.5 Å². The minimum atomic E-state index is -0.248. The Morgan fingerprint density at radius 2 is 1.71 bits per heavy atom. The molecule has 8 heteroatoms. The average molecular weight is 474 g/mol. The summed E-state index contributed by atoms with van der Waals surface area (Å²) >= 11 is 0. The first kappa shape index (κ1) is 21.5. The number of hydrogen-bond acceptors (Lipinski definition) is 7. The lowest BCUT2D eigenvalue weighted by atomic mass is 10.0. The molecule has 0 aromatic heterocycles. The van der Waals surface area contributed by atoms with Crippen molar-refractivity contribution in [3.8, 4) is 23.0 Å². The van der Waals surface area contributed by atoms with Gasteiger partial charge in [0, 0.05) is 38.4 Å². The molecule has 0 amide bonds. The first-order valence-corrected chi connectivity index (χ1v) is 11.5. The first-order chi connectivity index (χ1) is 17.0. The average Bonchev–Trinajstić information content (AvgIpc) is 3.46. The van der Waals surface area contributed by atoms with E-state index in [4.69, 9.17) is 14.2 Å². The molecule has 178 valence electrons. The summed E-state index contributed by atoms with van der Waals surface area (Å²) < 4.78 is 30.0. The number of hydrogen-bond donors (Lipinski definition) is 1. The molecule has 1 saturated heterocycles. The topological polar surface area (TPSA) is 71.5 Å². The maximum atomic E-state index is 13.2. The van der Waals surface area contributed by atoms with E-state index in [1.165, 1.54) is 12.1 Å². The van der Waals surface area contributed by atoms with Gasteiger partial charge in [0.1, 0.15) is 17.3 Å². The lowest BCUT2D eigenvalue weighted by Gasteiger charge is -2.36. The van der Waals surface area contributed by atoms with Crippen LogP contribution >= 0.6 is 0 Å². The van der Waals surface area contributed by atoms with Gasteiger partial charge in [0.15, 0.2) is 17.3 Å². The van der Waals surface area contributed by atoms with E-state index >= 15 is 0 Å². The van der Waals surface area contributed by atoms with E-state index in [0.29, 0.717) is 34.9 Å². The van der Waals surface area contributed by atoms with E-state index in [-0.39, 0.29) is 29.9 Å². The first-order valence-electron chi connectivity index (χ1n) is 11.5. The largest absolute Gasteiger partial charge is 0.507 e. The zero-order chi connectivity index (χ0) is 23.9. The molecule has 0 bridgehead atoms. The normalized spacial score (nSPS) is 18.1. The standard InChI is InChI=1S/C27H23FN2O5/c28-18-2-4-19(5-3-18)30-11-9-29(10-12-30)15-21-22(31)7-6-20-26(32)25(35-27(20)21)14-17-1-8-23-24(13-17)34-16-33-23/h1-8,13-14,31H,9-12,15-16H2/b25-14-. The highest BCUT2D eigenvalue weighted by atomic mass is 19.1. The van der Waals surface area contributed by atoms with Crippen LogP contribution in [0.1, 0.15) is 21.5 Å². The number of aromatic hydroxyl groups is 1. The molecule has 3 aromatic rings. The molecule has 6 rings (SSSR count). The Morgan fingerprint density at radius 3 is 2.51 bits per heavy atom. The number of phenols is 1. The fraction of sp³-hybridized carbons (Fsp3) is 0.222. The van der Waals surface area contributed by atoms with Crippen molar-refractivity contribution in [3.05, 3.63) is 82.9 Å². The summed E-state index contributed by atoms with van der Waals surface area (Å²) in [7, 11) is 0. The number of anilines is 1. The van der Waals surface area contributed by atoms with Crippen LogP contribution in [-0.2, 0) is 6.54 Å². The Labute approximate surface area is 201 Å². The number of rotatable bonds is 4. The van der Waals surface area contributed by atoms with Crippen molar-refractivity contribution in [3.63, 3.8) is 0 Å². The summed E-state index contributed by atoms with van der Waals surface area (Å²) in [5.41, 5.74) is 2.78. The summed E-state index contributed by atoms with van der Waals surface area (Å²) in [6.07, 6.45) is 1.67. The van der Waals surface area contributed by atoms with E-state index in [1.807, 2.05) is 6.07 Å². The number of halogens is 1. The Morgan fingerprint density at radius 1 is 0.943 bits per heavy atom. The number of piperazine rings is 1. The third kappa shape index (κ3) is 4.06. The second-order valence-electron chi connectivity index (χ2n) is 8.73. The van der Waals surface area contributed by atoms with Crippen molar-refractivity contribution in [1.29, 1.82) is 0 Å². The second-order valence-corrected chi connectivity index (χ2v) is 8.73. The molecule has 7 nitrogen and oxygen atoms in total. The number of ketones is 1. The highest BCUT2D eigenvalue weighted by Crippen LogP contribution is 2.41. The Hall–Kier alpha value is -4.04. The SMILES string of the molecule is O=C1/C(=C/c2ccc3c(c2)OCO3)Oc2c1ccc(O)c2CN1CCN(c2ccc(F)cc2)CC1. The van der Waals surface area contributed by atoms with Crippen LogP contribution in [-0.4, -0.2) is 48.8 Å². The lowest BCUT2D eigenvalue weighted by Crippen LogP contribution is -2.46. The molecule has 0 spiro atoms. The molecule has 0 radical (unpaired) electrons. The Balaban J connectivity index is 1.19. The zero-order valence-corrected chi connectivity index (χ0v) is 18.9. The zero-order valence-electron chi connectivity index (χ0n) is 18.9. The number of benzene rings is 3. The van der Waals surface area contributed by atoms with Crippen molar-refractivity contribution in [1.82, 2.24) is 4.90 Å². The molecular weight excluding hydrogens is 451 g/mol. The number of nitrogens with zero attached hydrogens (tertiary/aromatic N) is 2. The molecule has 3 aliphatic heterocycles.